The van der Waals surface area contributed by atoms with Crippen LogP contribution in [0, 0.1) is 12.8 Å². The van der Waals surface area contributed by atoms with Gasteiger partial charge in [-0.3, -0.25) is 4.79 Å². The van der Waals surface area contributed by atoms with Gasteiger partial charge in [-0.25, -0.2) is 8.42 Å². The van der Waals surface area contributed by atoms with Crippen LogP contribution in [0.2, 0.25) is 0 Å². The maximum Gasteiger partial charge on any atom is 0.241 e. The summed E-state index contributed by atoms with van der Waals surface area (Å²) in [6, 6.07) is 11.1. The second-order valence-electron chi connectivity index (χ2n) is 7.52. The van der Waals surface area contributed by atoms with Crippen LogP contribution in [0.3, 0.4) is 0 Å². The van der Waals surface area contributed by atoms with E-state index in [1.54, 1.807) is 24.3 Å². The molecule has 1 aliphatic rings. The molecule has 7 nitrogen and oxygen atoms in total. The lowest BCUT2D eigenvalue weighted by Crippen LogP contribution is -2.47. The van der Waals surface area contributed by atoms with Gasteiger partial charge in [-0.05, 0) is 49.1 Å². The topological polar surface area (TPSA) is 93.7 Å². The van der Waals surface area contributed by atoms with Crippen LogP contribution < -0.4 is 19.5 Å². The highest BCUT2D eigenvalue weighted by Crippen LogP contribution is 2.32. The Morgan fingerprint density at radius 2 is 1.76 bits per heavy atom. The van der Waals surface area contributed by atoms with Crippen molar-refractivity contribution in [3.05, 3.63) is 53.6 Å². The molecule has 0 aliphatic carbocycles. The molecule has 156 valence electrons. The van der Waals surface area contributed by atoms with E-state index in [4.69, 9.17) is 9.47 Å². The summed E-state index contributed by atoms with van der Waals surface area (Å²) in [6.45, 7) is 6.21. The van der Waals surface area contributed by atoms with E-state index in [1.165, 1.54) is 12.1 Å². The third-order valence-corrected chi connectivity index (χ3v) is 6.04. The minimum absolute atomic E-state index is 0.136. The first-order valence-corrected chi connectivity index (χ1v) is 11.0. The molecule has 0 unspecified atom stereocenters. The number of sulfonamides is 1. The maximum absolute atomic E-state index is 12.8. The number of carbonyl (C=O) groups is 1. The van der Waals surface area contributed by atoms with E-state index in [2.05, 4.69) is 10.0 Å². The Morgan fingerprint density at radius 3 is 2.45 bits per heavy atom. The van der Waals surface area contributed by atoms with Crippen LogP contribution in [0.25, 0.3) is 0 Å². The Labute approximate surface area is 171 Å². The van der Waals surface area contributed by atoms with E-state index in [9.17, 15) is 13.2 Å². The molecule has 2 aromatic carbocycles. The van der Waals surface area contributed by atoms with Crippen molar-refractivity contribution >= 4 is 15.9 Å². The Hall–Kier alpha value is -2.58. The summed E-state index contributed by atoms with van der Waals surface area (Å²) in [5.74, 6) is 1.07. The van der Waals surface area contributed by atoms with Gasteiger partial charge in [0.1, 0.15) is 6.04 Å². The number of benzene rings is 2. The molecule has 1 amide bonds. The molecule has 0 spiro atoms. The zero-order valence-electron chi connectivity index (χ0n) is 16.8. The van der Waals surface area contributed by atoms with Gasteiger partial charge >= 0.3 is 0 Å². The van der Waals surface area contributed by atoms with Crippen molar-refractivity contribution < 1.29 is 22.7 Å². The Bertz CT molecular complexity index is 971. The van der Waals surface area contributed by atoms with Gasteiger partial charge in [-0.2, -0.15) is 4.72 Å². The van der Waals surface area contributed by atoms with Crippen LogP contribution in [0.5, 0.6) is 11.5 Å². The Morgan fingerprint density at radius 1 is 1.07 bits per heavy atom. The van der Waals surface area contributed by atoms with E-state index in [-0.39, 0.29) is 30.1 Å². The molecule has 0 bridgehead atoms. The summed E-state index contributed by atoms with van der Waals surface area (Å²) in [4.78, 5) is 12.9. The molecule has 0 aromatic heterocycles. The van der Waals surface area contributed by atoms with Gasteiger partial charge in [0, 0.05) is 6.54 Å². The number of hydrogen-bond donors (Lipinski definition) is 2. The number of nitrogens with one attached hydrogen (secondary N) is 2. The fourth-order valence-electron chi connectivity index (χ4n) is 3.02. The van der Waals surface area contributed by atoms with Crippen molar-refractivity contribution in [3.63, 3.8) is 0 Å². The molecule has 8 heteroatoms. The first kappa shape index (κ1) is 21.1. The molecular weight excluding hydrogens is 392 g/mol. The monoisotopic (exact) mass is 418 g/mol. The van der Waals surface area contributed by atoms with Gasteiger partial charge < -0.3 is 14.8 Å². The molecule has 1 heterocycles. The quantitative estimate of drug-likeness (QED) is 0.688. The molecule has 0 radical (unpaired) electrons. The van der Waals surface area contributed by atoms with Crippen molar-refractivity contribution in [2.24, 2.45) is 5.92 Å². The van der Waals surface area contributed by atoms with E-state index >= 15 is 0 Å². The minimum Gasteiger partial charge on any atom is -0.454 e. The van der Waals surface area contributed by atoms with Crippen LogP contribution in [0.4, 0.5) is 0 Å². The summed E-state index contributed by atoms with van der Waals surface area (Å²) in [5, 5.41) is 2.82. The summed E-state index contributed by atoms with van der Waals surface area (Å²) in [7, 11) is -3.81. The smallest absolute Gasteiger partial charge is 0.241 e. The number of aryl methyl sites for hydroxylation is 1. The summed E-state index contributed by atoms with van der Waals surface area (Å²) < 4.78 is 38.6. The molecular formula is C21H26N2O5S. The average Bonchev–Trinajstić information content (AvgIpc) is 3.13. The average molecular weight is 419 g/mol. The molecule has 3 rings (SSSR count). The number of rotatable bonds is 8. The maximum atomic E-state index is 12.8. The first-order valence-electron chi connectivity index (χ1n) is 9.50. The van der Waals surface area contributed by atoms with Crippen molar-refractivity contribution in [2.75, 3.05) is 6.79 Å². The number of carbonyl (C=O) groups excluding carboxylic acids is 1. The van der Waals surface area contributed by atoms with E-state index in [1.807, 2.05) is 26.8 Å². The van der Waals surface area contributed by atoms with Gasteiger partial charge in [0.25, 0.3) is 0 Å². The number of hydrogen-bond acceptors (Lipinski definition) is 5. The highest BCUT2D eigenvalue weighted by molar-refractivity contribution is 7.89. The second kappa shape index (κ2) is 8.84. The Kier molecular flexibility index (Phi) is 6.44. The molecule has 1 atom stereocenters. The number of amides is 1. The van der Waals surface area contributed by atoms with E-state index in [0.717, 1.165) is 11.1 Å². The molecule has 0 fully saturated rings. The van der Waals surface area contributed by atoms with Crippen LogP contribution in [0.1, 0.15) is 31.4 Å². The zero-order valence-corrected chi connectivity index (χ0v) is 17.6. The third kappa shape index (κ3) is 5.48. The van der Waals surface area contributed by atoms with Crippen LogP contribution in [-0.4, -0.2) is 27.2 Å². The number of fused-ring (bicyclic) bond motifs is 1. The lowest BCUT2D eigenvalue weighted by molar-refractivity contribution is -0.123. The summed E-state index contributed by atoms with van der Waals surface area (Å²) in [6.07, 6.45) is 0.387. The SMILES string of the molecule is Cc1ccc(S(=O)(=O)N[C@H](CC(C)C)C(=O)NCc2ccc3c(c2)OCO3)cc1. The molecule has 0 saturated carbocycles. The predicted molar refractivity (Wildman–Crippen MR) is 109 cm³/mol. The fourth-order valence-corrected chi connectivity index (χ4v) is 4.22. The van der Waals surface area contributed by atoms with Crippen LogP contribution in [-0.2, 0) is 21.4 Å². The fraction of sp³-hybridized carbons (Fsp3) is 0.381. The van der Waals surface area contributed by atoms with Gasteiger partial charge in [-0.15, -0.1) is 0 Å². The molecule has 2 N–H and O–H groups in total. The highest BCUT2D eigenvalue weighted by Gasteiger charge is 2.26. The number of ether oxygens (including phenoxy) is 2. The van der Waals surface area contributed by atoms with E-state index in [0.29, 0.717) is 17.9 Å². The zero-order chi connectivity index (χ0) is 21.0. The standard InChI is InChI=1S/C21H26N2O5S/c1-14(2)10-18(23-29(25,26)17-7-4-15(3)5-8-17)21(24)22-12-16-6-9-19-20(11-16)28-13-27-19/h4-9,11,14,18,23H,10,12-13H2,1-3H3,(H,22,24)/t18-/m1/s1. The highest BCUT2D eigenvalue weighted by atomic mass is 32.2. The summed E-state index contributed by atoms with van der Waals surface area (Å²) in [5.41, 5.74) is 1.80. The molecule has 0 saturated heterocycles. The van der Waals surface area contributed by atoms with Crippen molar-refractivity contribution in [3.8, 4) is 11.5 Å². The molecule has 2 aromatic rings. The Balaban J connectivity index is 1.68. The third-order valence-electron chi connectivity index (χ3n) is 4.56. The van der Waals surface area contributed by atoms with Gasteiger partial charge in [0.2, 0.25) is 22.7 Å². The lowest BCUT2D eigenvalue weighted by atomic mass is 10.0. The van der Waals surface area contributed by atoms with Gasteiger partial charge in [-0.1, -0.05) is 37.6 Å². The predicted octanol–water partition coefficient (Wildman–Crippen LogP) is 2.73. The van der Waals surface area contributed by atoms with Crippen LogP contribution in [0.15, 0.2) is 47.4 Å². The first-order chi connectivity index (χ1) is 13.7. The van der Waals surface area contributed by atoms with Gasteiger partial charge in [0.05, 0.1) is 4.90 Å². The lowest BCUT2D eigenvalue weighted by Gasteiger charge is -2.20. The summed E-state index contributed by atoms with van der Waals surface area (Å²) >= 11 is 0. The minimum atomic E-state index is -3.81. The van der Waals surface area contributed by atoms with E-state index < -0.39 is 16.1 Å². The van der Waals surface area contributed by atoms with Crippen molar-refractivity contribution in [1.82, 2.24) is 10.0 Å². The second-order valence-corrected chi connectivity index (χ2v) is 9.24. The molecule has 29 heavy (non-hydrogen) atoms. The molecule has 1 aliphatic heterocycles. The van der Waals surface area contributed by atoms with Crippen LogP contribution >= 0.6 is 0 Å². The van der Waals surface area contributed by atoms with Crippen molar-refractivity contribution in [2.45, 2.75) is 44.7 Å². The van der Waals surface area contributed by atoms with Crippen molar-refractivity contribution in [1.29, 1.82) is 0 Å². The largest absolute Gasteiger partial charge is 0.454 e. The van der Waals surface area contributed by atoms with Gasteiger partial charge in [0.15, 0.2) is 11.5 Å². The normalized spacial score (nSPS) is 14.1.